The SMILES string of the molecule is CN=C(NCCC1CCCO1)NCc1ccccc1-n1nc(C)cc1C. The molecule has 0 amide bonds. The first-order chi connectivity index (χ1) is 12.7. The Morgan fingerprint density at radius 2 is 2.15 bits per heavy atom. The molecular formula is C20H29N5O. The first-order valence-electron chi connectivity index (χ1n) is 9.35. The fraction of sp³-hybridized carbons (Fsp3) is 0.500. The van der Waals surface area contributed by atoms with Crippen LogP contribution in [0.2, 0.25) is 0 Å². The number of para-hydroxylation sites is 1. The number of guanidine groups is 1. The van der Waals surface area contributed by atoms with Crippen LogP contribution in [-0.2, 0) is 11.3 Å². The summed E-state index contributed by atoms with van der Waals surface area (Å²) in [4.78, 5) is 4.32. The Kier molecular flexibility index (Phi) is 6.28. The maximum Gasteiger partial charge on any atom is 0.191 e. The predicted molar refractivity (Wildman–Crippen MR) is 105 cm³/mol. The zero-order chi connectivity index (χ0) is 18.4. The highest BCUT2D eigenvalue weighted by atomic mass is 16.5. The molecule has 140 valence electrons. The minimum atomic E-state index is 0.396. The number of aliphatic imine (C=N–C) groups is 1. The zero-order valence-electron chi connectivity index (χ0n) is 16.0. The summed E-state index contributed by atoms with van der Waals surface area (Å²) in [6.07, 6.45) is 3.76. The Balaban J connectivity index is 1.59. The average molecular weight is 355 g/mol. The molecule has 0 bridgehead atoms. The van der Waals surface area contributed by atoms with E-state index in [1.807, 2.05) is 17.7 Å². The van der Waals surface area contributed by atoms with Gasteiger partial charge in [-0.25, -0.2) is 4.68 Å². The molecule has 1 aliphatic rings. The van der Waals surface area contributed by atoms with E-state index in [0.717, 1.165) is 42.6 Å². The van der Waals surface area contributed by atoms with Gasteiger partial charge in [0.1, 0.15) is 0 Å². The lowest BCUT2D eigenvalue weighted by molar-refractivity contribution is 0.105. The second kappa shape index (κ2) is 8.85. The molecule has 1 unspecified atom stereocenters. The summed E-state index contributed by atoms with van der Waals surface area (Å²) in [7, 11) is 1.80. The summed E-state index contributed by atoms with van der Waals surface area (Å²) >= 11 is 0. The van der Waals surface area contributed by atoms with Crippen LogP contribution in [-0.4, -0.2) is 42.0 Å². The Hall–Kier alpha value is -2.34. The predicted octanol–water partition coefficient (Wildman–Crippen LogP) is 2.72. The van der Waals surface area contributed by atoms with Crippen LogP contribution in [0.1, 0.15) is 36.2 Å². The van der Waals surface area contributed by atoms with E-state index in [4.69, 9.17) is 4.74 Å². The maximum absolute atomic E-state index is 5.67. The molecule has 6 heteroatoms. The number of ether oxygens (including phenoxy) is 1. The molecule has 1 saturated heterocycles. The van der Waals surface area contributed by atoms with Crippen molar-refractivity contribution < 1.29 is 4.74 Å². The largest absolute Gasteiger partial charge is 0.378 e. The van der Waals surface area contributed by atoms with E-state index in [0.29, 0.717) is 12.6 Å². The first-order valence-corrected chi connectivity index (χ1v) is 9.35. The van der Waals surface area contributed by atoms with Crippen LogP contribution < -0.4 is 10.6 Å². The summed E-state index contributed by atoms with van der Waals surface area (Å²) in [6, 6.07) is 10.4. The molecule has 0 spiro atoms. The van der Waals surface area contributed by atoms with Gasteiger partial charge in [-0.1, -0.05) is 18.2 Å². The third-order valence-electron chi connectivity index (χ3n) is 4.68. The van der Waals surface area contributed by atoms with Crippen LogP contribution in [0.15, 0.2) is 35.3 Å². The van der Waals surface area contributed by atoms with Gasteiger partial charge in [0.25, 0.3) is 0 Å². The Labute approximate surface area is 155 Å². The number of nitrogens with zero attached hydrogens (tertiary/aromatic N) is 3. The fourth-order valence-corrected chi connectivity index (χ4v) is 3.36. The molecule has 26 heavy (non-hydrogen) atoms. The second-order valence-corrected chi connectivity index (χ2v) is 6.74. The minimum Gasteiger partial charge on any atom is -0.378 e. The summed E-state index contributed by atoms with van der Waals surface area (Å²) < 4.78 is 7.67. The van der Waals surface area contributed by atoms with Crippen molar-refractivity contribution in [2.24, 2.45) is 4.99 Å². The highest BCUT2D eigenvalue weighted by Crippen LogP contribution is 2.17. The third kappa shape index (κ3) is 4.64. The van der Waals surface area contributed by atoms with Crippen molar-refractivity contribution in [3.8, 4) is 5.69 Å². The molecule has 0 saturated carbocycles. The van der Waals surface area contributed by atoms with Gasteiger partial charge in [-0.15, -0.1) is 0 Å². The van der Waals surface area contributed by atoms with Gasteiger partial charge in [0.15, 0.2) is 5.96 Å². The molecule has 2 heterocycles. The number of nitrogens with one attached hydrogen (secondary N) is 2. The summed E-state index contributed by atoms with van der Waals surface area (Å²) in [5, 5.41) is 11.4. The Bertz CT molecular complexity index is 746. The highest BCUT2D eigenvalue weighted by Gasteiger charge is 2.15. The number of hydrogen-bond acceptors (Lipinski definition) is 3. The molecule has 0 aliphatic carbocycles. The van der Waals surface area contributed by atoms with Gasteiger partial charge < -0.3 is 15.4 Å². The molecule has 1 aromatic heterocycles. The van der Waals surface area contributed by atoms with Crippen molar-refractivity contribution in [3.05, 3.63) is 47.3 Å². The minimum absolute atomic E-state index is 0.396. The van der Waals surface area contributed by atoms with E-state index in [2.05, 4.69) is 51.9 Å². The van der Waals surface area contributed by atoms with Crippen molar-refractivity contribution in [1.29, 1.82) is 0 Å². The molecule has 6 nitrogen and oxygen atoms in total. The Morgan fingerprint density at radius 1 is 1.31 bits per heavy atom. The topological polar surface area (TPSA) is 63.5 Å². The lowest BCUT2D eigenvalue weighted by atomic mass is 10.1. The van der Waals surface area contributed by atoms with Crippen molar-refractivity contribution in [2.45, 2.75) is 45.8 Å². The maximum atomic E-state index is 5.67. The van der Waals surface area contributed by atoms with Crippen LogP contribution in [0.3, 0.4) is 0 Å². The Morgan fingerprint density at radius 3 is 2.85 bits per heavy atom. The average Bonchev–Trinajstić information content (AvgIpc) is 3.27. The van der Waals surface area contributed by atoms with Gasteiger partial charge in [-0.05, 0) is 50.8 Å². The van der Waals surface area contributed by atoms with Crippen LogP contribution in [0.4, 0.5) is 0 Å². The van der Waals surface area contributed by atoms with Crippen LogP contribution in [0.25, 0.3) is 5.69 Å². The highest BCUT2D eigenvalue weighted by molar-refractivity contribution is 5.79. The summed E-state index contributed by atoms with van der Waals surface area (Å²) in [5.41, 5.74) is 4.44. The molecule has 1 aliphatic heterocycles. The summed E-state index contributed by atoms with van der Waals surface area (Å²) in [6.45, 7) is 6.55. The molecule has 1 atom stereocenters. The lowest BCUT2D eigenvalue weighted by Crippen LogP contribution is -2.38. The quantitative estimate of drug-likeness (QED) is 0.618. The number of aryl methyl sites for hydroxylation is 2. The van der Waals surface area contributed by atoms with Crippen LogP contribution in [0, 0.1) is 13.8 Å². The number of hydrogen-bond donors (Lipinski definition) is 2. The summed E-state index contributed by atoms with van der Waals surface area (Å²) in [5.74, 6) is 0.811. The van der Waals surface area contributed by atoms with E-state index in [9.17, 15) is 0 Å². The van der Waals surface area contributed by atoms with Crippen LogP contribution >= 0.6 is 0 Å². The van der Waals surface area contributed by atoms with Gasteiger partial charge in [0.2, 0.25) is 0 Å². The standard InChI is InChI=1S/C20H29N5O/c1-15-13-16(2)25(24-15)19-9-5-4-7-17(19)14-23-20(21-3)22-11-10-18-8-6-12-26-18/h4-5,7,9,13,18H,6,8,10-12,14H2,1-3H3,(H2,21,22,23). The normalized spacial score (nSPS) is 17.5. The smallest absolute Gasteiger partial charge is 0.191 e. The molecule has 1 fully saturated rings. The lowest BCUT2D eigenvalue weighted by Gasteiger charge is -2.16. The van der Waals surface area contributed by atoms with Crippen molar-refractivity contribution >= 4 is 5.96 Å². The number of rotatable bonds is 6. The second-order valence-electron chi connectivity index (χ2n) is 6.74. The molecular weight excluding hydrogens is 326 g/mol. The number of benzene rings is 1. The van der Waals surface area contributed by atoms with E-state index in [1.165, 1.54) is 18.4 Å². The van der Waals surface area contributed by atoms with E-state index >= 15 is 0 Å². The molecule has 2 aromatic rings. The van der Waals surface area contributed by atoms with E-state index in [-0.39, 0.29) is 0 Å². The number of aromatic nitrogens is 2. The van der Waals surface area contributed by atoms with Crippen molar-refractivity contribution in [3.63, 3.8) is 0 Å². The van der Waals surface area contributed by atoms with Gasteiger partial charge in [-0.2, -0.15) is 5.10 Å². The van der Waals surface area contributed by atoms with E-state index in [1.54, 1.807) is 7.05 Å². The third-order valence-corrected chi connectivity index (χ3v) is 4.68. The van der Waals surface area contributed by atoms with Gasteiger partial charge in [0, 0.05) is 32.4 Å². The first kappa shape index (κ1) is 18.5. The van der Waals surface area contributed by atoms with Gasteiger partial charge >= 0.3 is 0 Å². The molecule has 1 aromatic carbocycles. The molecule has 2 N–H and O–H groups in total. The molecule has 0 radical (unpaired) electrons. The van der Waals surface area contributed by atoms with Crippen LogP contribution in [0.5, 0.6) is 0 Å². The monoisotopic (exact) mass is 355 g/mol. The zero-order valence-corrected chi connectivity index (χ0v) is 16.0. The van der Waals surface area contributed by atoms with E-state index < -0.39 is 0 Å². The molecule has 3 rings (SSSR count). The van der Waals surface area contributed by atoms with Gasteiger partial charge in [0.05, 0.1) is 17.5 Å². The van der Waals surface area contributed by atoms with Gasteiger partial charge in [-0.3, -0.25) is 4.99 Å². The van der Waals surface area contributed by atoms with Crippen molar-refractivity contribution in [1.82, 2.24) is 20.4 Å². The van der Waals surface area contributed by atoms with Crippen molar-refractivity contribution in [2.75, 3.05) is 20.2 Å². The fourth-order valence-electron chi connectivity index (χ4n) is 3.36.